The molecule has 1 spiro atoms. The average molecular weight is 344 g/mol. The lowest BCUT2D eigenvalue weighted by Gasteiger charge is -2.46. The highest BCUT2D eigenvalue weighted by atomic mass is 79.9. The topological polar surface area (TPSA) is 15.3 Å². The minimum Gasteiger partial charge on any atom is -0.365 e. The van der Waals surface area contributed by atoms with Gasteiger partial charge in [0.1, 0.15) is 0 Å². The van der Waals surface area contributed by atoms with Crippen LogP contribution >= 0.6 is 27.5 Å². The summed E-state index contributed by atoms with van der Waals surface area (Å²) in [6, 6.07) is 6.63. The third kappa shape index (κ3) is 2.65. The summed E-state index contributed by atoms with van der Waals surface area (Å²) in [5, 5.41) is 4.58. The molecule has 0 aromatic heterocycles. The molecule has 0 radical (unpaired) electrons. The zero-order chi connectivity index (χ0) is 13.5. The molecule has 1 unspecified atom stereocenters. The third-order valence-electron chi connectivity index (χ3n) is 4.56. The van der Waals surface area contributed by atoms with Crippen LogP contribution in [-0.4, -0.2) is 24.7 Å². The number of nitrogens with zero attached hydrogens (tertiary/aromatic N) is 1. The van der Waals surface area contributed by atoms with Gasteiger partial charge in [-0.2, -0.15) is 0 Å². The van der Waals surface area contributed by atoms with Gasteiger partial charge in [0.15, 0.2) is 0 Å². The van der Waals surface area contributed by atoms with E-state index in [1.165, 1.54) is 31.4 Å². The second-order valence-electron chi connectivity index (χ2n) is 5.94. The summed E-state index contributed by atoms with van der Waals surface area (Å²) in [7, 11) is 0. The predicted molar refractivity (Wildman–Crippen MR) is 85.2 cm³/mol. The second-order valence-corrected chi connectivity index (χ2v) is 7.23. The van der Waals surface area contributed by atoms with Crippen molar-refractivity contribution in [3.8, 4) is 0 Å². The Morgan fingerprint density at radius 1 is 1.37 bits per heavy atom. The quantitative estimate of drug-likeness (QED) is 0.821. The van der Waals surface area contributed by atoms with E-state index >= 15 is 0 Å². The van der Waals surface area contributed by atoms with Crippen molar-refractivity contribution < 1.29 is 0 Å². The van der Waals surface area contributed by atoms with Gasteiger partial charge >= 0.3 is 0 Å². The lowest BCUT2D eigenvalue weighted by atomic mass is 9.92. The van der Waals surface area contributed by atoms with Crippen molar-refractivity contribution in [3.63, 3.8) is 0 Å². The van der Waals surface area contributed by atoms with E-state index in [1.807, 2.05) is 12.1 Å². The minimum atomic E-state index is 0.339. The van der Waals surface area contributed by atoms with Crippen LogP contribution in [0.5, 0.6) is 0 Å². The van der Waals surface area contributed by atoms with Crippen molar-refractivity contribution in [2.75, 3.05) is 18.0 Å². The van der Waals surface area contributed by atoms with Gasteiger partial charge in [-0.25, -0.2) is 0 Å². The molecule has 1 saturated carbocycles. The van der Waals surface area contributed by atoms with Crippen LogP contribution in [0.3, 0.4) is 0 Å². The van der Waals surface area contributed by atoms with Gasteiger partial charge in [0.25, 0.3) is 0 Å². The fourth-order valence-electron chi connectivity index (χ4n) is 3.44. The van der Waals surface area contributed by atoms with Crippen LogP contribution in [0.4, 0.5) is 5.69 Å². The molecule has 1 heterocycles. The van der Waals surface area contributed by atoms with Crippen LogP contribution < -0.4 is 10.2 Å². The van der Waals surface area contributed by atoms with Crippen LogP contribution in [0.2, 0.25) is 5.02 Å². The molecule has 1 aliphatic heterocycles. The van der Waals surface area contributed by atoms with E-state index in [2.05, 4.69) is 39.1 Å². The molecular formula is C15H20BrClN2. The first-order valence-electron chi connectivity index (χ1n) is 7.06. The van der Waals surface area contributed by atoms with Gasteiger partial charge < -0.3 is 10.2 Å². The lowest BCUT2D eigenvalue weighted by molar-refractivity contribution is 0.276. The van der Waals surface area contributed by atoms with Gasteiger partial charge in [0.05, 0.1) is 5.69 Å². The fourth-order valence-corrected chi connectivity index (χ4v) is 4.35. The predicted octanol–water partition coefficient (Wildman–Crippen LogP) is 4.21. The van der Waals surface area contributed by atoms with E-state index in [0.29, 0.717) is 11.6 Å². The Bertz CT molecular complexity index is 471. The number of hydrogen-bond acceptors (Lipinski definition) is 2. The molecule has 0 bridgehead atoms. The Labute approximate surface area is 128 Å². The Morgan fingerprint density at radius 3 is 2.79 bits per heavy atom. The van der Waals surface area contributed by atoms with E-state index in [0.717, 1.165) is 22.6 Å². The van der Waals surface area contributed by atoms with Gasteiger partial charge in [-0.3, -0.25) is 0 Å². The molecule has 1 aliphatic carbocycles. The Balaban J connectivity index is 1.89. The summed E-state index contributed by atoms with van der Waals surface area (Å²) < 4.78 is 1.10. The average Bonchev–Trinajstić information content (AvgIpc) is 2.82. The maximum absolute atomic E-state index is 6.05. The van der Waals surface area contributed by atoms with Crippen molar-refractivity contribution in [1.29, 1.82) is 0 Å². The largest absolute Gasteiger partial charge is 0.365 e. The third-order valence-corrected chi connectivity index (χ3v) is 5.43. The van der Waals surface area contributed by atoms with E-state index in [9.17, 15) is 0 Å². The van der Waals surface area contributed by atoms with Crippen LogP contribution in [0.1, 0.15) is 32.6 Å². The molecule has 1 aromatic carbocycles. The van der Waals surface area contributed by atoms with Crippen LogP contribution in [0, 0.1) is 0 Å². The number of anilines is 1. The highest BCUT2D eigenvalue weighted by Gasteiger charge is 2.40. The highest BCUT2D eigenvalue weighted by molar-refractivity contribution is 9.10. The Morgan fingerprint density at radius 2 is 2.11 bits per heavy atom. The zero-order valence-electron chi connectivity index (χ0n) is 11.3. The van der Waals surface area contributed by atoms with Crippen molar-refractivity contribution >= 4 is 33.2 Å². The number of piperazine rings is 1. The summed E-state index contributed by atoms with van der Waals surface area (Å²) in [6.45, 7) is 4.46. The number of hydrogen-bond donors (Lipinski definition) is 1. The SMILES string of the molecule is CC1CNC2(CCCC2)CN1c1ccc(Cl)cc1Br. The molecule has 2 nitrogen and oxygen atoms in total. The molecule has 0 amide bonds. The fraction of sp³-hybridized carbons (Fsp3) is 0.600. The molecule has 1 atom stereocenters. The molecule has 104 valence electrons. The molecule has 2 aliphatic rings. The van der Waals surface area contributed by atoms with Gasteiger partial charge in [-0.1, -0.05) is 24.4 Å². The number of rotatable bonds is 1. The molecule has 3 rings (SSSR count). The highest BCUT2D eigenvalue weighted by Crippen LogP contribution is 2.37. The van der Waals surface area contributed by atoms with E-state index in [1.54, 1.807) is 0 Å². The number of halogens is 2. The number of benzene rings is 1. The van der Waals surface area contributed by atoms with Crippen LogP contribution in [0.25, 0.3) is 0 Å². The first kappa shape index (κ1) is 13.7. The molecule has 2 fully saturated rings. The maximum atomic E-state index is 6.05. The summed E-state index contributed by atoms with van der Waals surface area (Å²) >= 11 is 9.71. The van der Waals surface area contributed by atoms with E-state index in [-0.39, 0.29) is 0 Å². The summed E-state index contributed by atoms with van der Waals surface area (Å²) in [4.78, 5) is 2.53. The van der Waals surface area contributed by atoms with Gasteiger partial charge in [0, 0.05) is 34.2 Å². The molecule has 1 aromatic rings. The first-order chi connectivity index (χ1) is 9.10. The van der Waals surface area contributed by atoms with Gasteiger partial charge in [0.2, 0.25) is 0 Å². The normalized spacial score (nSPS) is 26.1. The molecule has 19 heavy (non-hydrogen) atoms. The van der Waals surface area contributed by atoms with Crippen molar-refractivity contribution in [1.82, 2.24) is 5.32 Å². The molecular weight excluding hydrogens is 324 g/mol. The first-order valence-corrected chi connectivity index (χ1v) is 8.23. The monoisotopic (exact) mass is 342 g/mol. The van der Waals surface area contributed by atoms with E-state index in [4.69, 9.17) is 11.6 Å². The molecule has 1 saturated heterocycles. The molecule has 4 heteroatoms. The summed E-state index contributed by atoms with van der Waals surface area (Å²) in [6.07, 6.45) is 5.33. The van der Waals surface area contributed by atoms with Crippen LogP contribution in [-0.2, 0) is 0 Å². The molecule has 1 N–H and O–H groups in total. The second kappa shape index (κ2) is 5.27. The minimum absolute atomic E-state index is 0.339. The zero-order valence-corrected chi connectivity index (χ0v) is 13.6. The smallest absolute Gasteiger partial charge is 0.0515 e. The van der Waals surface area contributed by atoms with Gasteiger partial charge in [-0.05, 0) is 53.9 Å². The summed E-state index contributed by atoms with van der Waals surface area (Å²) in [5.74, 6) is 0. The summed E-state index contributed by atoms with van der Waals surface area (Å²) in [5.41, 5.74) is 1.61. The standard InChI is InChI=1S/C15H20BrClN2/c1-11-9-18-15(6-2-3-7-15)10-19(11)14-5-4-12(17)8-13(14)16/h4-5,8,11,18H,2-3,6-7,9-10H2,1H3. The number of nitrogens with one attached hydrogen (secondary N) is 1. The van der Waals surface area contributed by atoms with E-state index < -0.39 is 0 Å². The van der Waals surface area contributed by atoms with Crippen molar-refractivity contribution in [2.45, 2.75) is 44.2 Å². The maximum Gasteiger partial charge on any atom is 0.0515 e. The van der Waals surface area contributed by atoms with Crippen molar-refractivity contribution in [2.24, 2.45) is 0 Å². The van der Waals surface area contributed by atoms with Crippen molar-refractivity contribution in [3.05, 3.63) is 27.7 Å². The van der Waals surface area contributed by atoms with Crippen LogP contribution in [0.15, 0.2) is 22.7 Å². The lowest BCUT2D eigenvalue weighted by Crippen LogP contribution is -2.62. The Kier molecular flexibility index (Phi) is 3.80. The Hall–Kier alpha value is -0.250. The van der Waals surface area contributed by atoms with Gasteiger partial charge in [-0.15, -0.1) is 0 Å².